The van der Waals surface area contributed by atoms with Crippen molar-refractivity contribution in [1.29, 1.82) is 0 Å². The van der Waals surface area contributed by atoms with E-state index in [1.807, 2.05) is 31.2 Å². The maximum Gasteiger partial charge on any atom is 0.233 e. The Bertz CT molecular complexity index is 1090. The minimum atomic E-state index is -0.282. The topological polar surface area (TPSA) is 60.3 Å². The lowest BCUT2D eigenvalue weighted by Gasteiger charge is -2.27. The van der Waals surface area contributed by atoms with Gasteiger partial charge in [0.05, 0.1) is 18.9 Å². The average Bonchev–Trinajstić information content (AvgIpc) is 3.31. The van der Waals surface area contributed by atoms with E-state index in [0.29, 0.717) is 6.04 Å². The summed E-state index contributed by atoms with van der Waals surface area (Å²) < 4.78 is 20.8. The lowest BCUT2D eigenvalue weighted by atomic mass is 9.95. The molecule has 8 heteroatoms. The number of hydrogen-bond donors (Lipinski definition) is 0. The van der Waals surface area contributed by atoms with Gasteiger partial charge in [-0.2, -0.15) is 0 Å². The van der Waals surface area contributed by atoms with E-state index in [9.17, 15) is 9.18 Å². The fourth-order valence-corrected chi connectivity index (χ4v) is 5.32. The van der Waals surface area contributed by atoms with E-state index in [4.69, 9.17) is 4.74 Å². The van der Waals surface area contributed by atoms with Gasteiger partial charge in [0.25, 0.3) is 0 Å². The first-order chi connectivity index (χ1) is 16.5. The van der Waals surface area contributed by atoms with Crippen molar-refractivity contribution in [2.75, 3.05) is 19.9 Å². The Hall–Kier alpha value is -2.87. The Morgan fingerprint density at radius 1 is 1.12 bits per heavy atom. The molecule has 1 aliphatic carbocycles. The lowest BCUT2D eigenvalue weighted by Crippen LogP contribution is -2.31. The molecule has 180 valence electrons. The van der Waals surface area contributed by atoms with Gasteiger partial charge >= 0.3 is 0 Å². The van der Waals surface area contributed by atoms with Crippen LogP contribution in [0.5, 0.6) is 5.75 Å². The largest absolute Gasteiger partial charge is 0.497 e. The monoisotopic (exact) mass is 482 g/mol. The van der Waals surface area contributed by atoms with E-state index in [2.05, 4.69) is 14.8 Å². The number of carbonyl (C=O) groups is 1. The number of hydrogen-bond acceptors (Lipinski definition) is 5. The van der Waals surface area contributed by atoms with E-state index in [0.717, 1.165) is 40.7 Å². The summed E-state index contributed by atoms with van der Waals surface area (Å²) in [6.45, 7) is 1.95. The third-order valence-corrected chi connectivity index (χ3v) is 7.53. The summed E-state index contributed by atoms with van der Waals surface area (Å²) in [5, 5.41) is 9.78. The Morgan fingerprint density at radius 2 is 1.79 bits per heavy atom. The van der Waals surface area contributed by atoms with Crippen LogP contribution in [0, 0.1) is 5.82 Å². The third-order valence-electron chi connectivity index (χ3n) is 6.60. The van der Waals surface area contributed by atoms with E-state index in [-0.39, 0.29) is 23.5 Å². The highest BCUT2D eigenvalue weighted by Crippen LogP contribution is 2.36. The number of carbonyl (C=O) groups excluding carboxylic acids is 1. The van der Waals surface area contributed by atoms with Gasteiger partial charge in [-0.1, -0.05) is 43.2 Å². The molecule has 0 unspecified atom stereocenters. The number of amides is 1. The van der Waals surface area contributed by atoms with E-state index in [1.54, 1.807) is 31.2 Å². The van der Waals surface area contributed by atoms with Crippen LogP contribution in [0.25, 0.3) is 11.4 Å². The Kier molecular flexibility index (Phi) is 7.88. The van der Waals surface area contributed by atoms with E-state index in [1.165, 1.54) is 43.2 Å². The normalized spacial score (nSPS) is 15.2. The number of methoxy groups -OCH3 is 1. The summed E-state index contributed by atoms with van der Waals surface area (Å²) in [5.41, 5.74) is 1.88. The highest BCUT2D eigenvalue weighted by atomic mass is 32.2. The van der Waals surface area contributed by atoms with Gasteiger partial charge in [0.15, 0.2) is 11.0 Å². The van der Waals surface area contributed by atoms with Crippen LogP contribution in [-0.2, 0) is 4.79 Å². The standard InChI is InChI=1S/C26H31FN4O2S/c1-18(19-9-13-21(27)14-10-19)30(2)24(32)17-34-26-29-28-25(20-11-15-23(33-3)16-12-20)31(26)22-7-5-4-6-8-22/h9-16,18,22H,4-8,17H2,1-3H3/t18-/m0/s1. The SMILES string of the molecule is COc1ccc(-c2nnc(SCC(=O)N(C)[C@@H](C)c3ccc(F)cc3)n2C2CCCCC2)cc1. The van der Waals surface area contributed by atoms with Crippen molar-refractivity contribution in [3.05, 3.63) is 59.9 Å². The predicted octanol–water partition coefficient (Wildman–Crippen LogP) is 5.91. The molecule has 1 aliphatic rings. The van der Waals surface area contributed by atoms with Crippen molar-refractivity contribution in [2.45, 2.75) is 56.3 Å². The second kappa shape index (κ2) is 11.0. The molecule has 0 bridgehead atoms. The summed E-state index contributed by atoms with van der Waals surface area (Å²) in [6, 6.07) is 14.3. The van der Waals surface area contributed by atoms with Crippen LogP contribution in [-0.4, -0.2) is 45.5 Å². The van der Waals surface area contributed by atoms with Crippen LogP contribution in [0.1, 0.15) is 56.7 Å². The molecule has 6 nitrogen and oxygen atoms in total. The maximum atomic E-state index is 13.3. The number of halogens is 1. The van der Waals surface area contributed by atoms with E-state index >= 15 is 0 Å². The van der Waals surface area contributed by atoms with Crippen molar-refractivity contribution in [3.8, 4) is 17.1 Å². The molecule has 1 amide bonds. The zero-order valence-electron chi connectivity index (χ0n) is 19.9. The predicted molar refractivity (Wildman–Crippen MR) is 132 cm³/mol. The lowest BCUT2D eigenvalue weighted by molar-refractivity contribution is -0.128. The maximum absolute atomic E-state index is 13.3. The first kappa shape index (κ1) is 24.3. The first-order valence-electron chi connectivity index (χ1n) is 11.7. The molecular weight excluding hydrogens is 451 g/mol. The Labute approximate surface area is 204 Å². The molecule has 0 radical (unpaired) electrons. The first-order valence-corrected chi connectivity index (χ1v) is 12.7. The molecule has 0 saturated heterocycles. The average molecular weight is 483 g/mol. The summed E-state index contributed by atoms with van der Waals surface area (Å²) >= 11 is 1.43. The van der Waals surface area contributed by atoms with Crippen molar-refractivity contribution in [1.82, 2.24) is 19.7 Å². The number of nitrogens with zero attached hydrogens (tertiary/aromatic N) is 4. The minimum Gasteiger partial charge on any atom is -0.497 e. The summed E-state index contributed by atoms with van der Waals surface area (Å²) in [5.74, 6) is 1.60. The van der Waals surface area contributed by atoms with Crippen molar-refractivity contribution in [3.63, 3.8) is 0 Å². The molecular formula is C26H31FN4O2S. The smallest absolute Gasteiger partial charge is 0.233 e. The fraction of sp³-hybridized carbons (Fsp3) is 0.423. The van der Waals surface area contributed by atoms with Gasteiger partial charge in [0.1, 0.15) is 11.6 Å². The van der Waals surface area contributed by atoms with Crippen molar-refractivity contribution in [2.24, 2.45) is 0 Å². The van der Waals surface area contributed by atoms with Crippen LogP contribution < -0.4 is 4.74 Å². The van der Waals surface area contributed by atoms with Gasteiger partial charge in [-0.15, -0.1) is 10.2 Å². The Morgan fingerprint density at radius 3 is 2.44 bits per heavy atom. The van der Waals surface area contributed by atoms with Gasteiger partial charge in [-0.25, -0.2) is 4.39 Å². The Balaban J connectivity index is 1.52. The molecule has 2 aromatic carbocycles. The molecule has 3 aromatic rings. The van der Waals surface area contributed by atoms with Crippen LogP contribution in [0.3, 0.4) is 0 Å². The summed E-state index contributed by atoms with van der Waals surface area (Å²) in [7, 11) is 3.44. The van der Waals surface area contributed by atoms with Crippen LogP contribution in [0.15, 0.2) is 53.7 Å². The van der Waals surface area contributed by atoms with Gasteiger partial charge < -0.3 is 9.64 Å². The number of ether oxygens (including phenoxy) is 1. The third kappa shape index (κ3) is 5.43. The molecule has 34 heavy (non-hydrogen) atoms. The van der Waals surface area contributed by atoms with Crippen LogP contribution in [0.4, 0.5) is 4.39 Å². The van der Waals surface area contributed by atoms with Gasteiger partial charge in [0.2, 0.25) is 5.91 Å². The molecule has 1 heterocycles. The summed E-state index contributed by atoms with van der Waals surface area (Å²) in [4.78, 5) is 14.7. The van der Waals surface area contributed by atoms with Gasteiger partial charge in [-0.3, -0.25) is 9.36 Å². The quantitative estimate of drug-likeness (QED) is 0.374. The number of thioether (sulfide) groups is 1. The molecule has 0 N–H and O–H groups in total. The molecule has 4 rings (SSSR count). The van der Waals surface area contributed by atoms with Gasteiger partial charge in [-0.05, 0) is 61.7 Å². The molecule has 1 atom stereocenters. The zero-order valence-corrected chi connectivity index (χ0v) is 20.7. The number of rotatable bonds is 8. The highest BCUT2D eigenvalue weighted by Gasteiger charge is 2.25. The molecule has 1 aromatic heterocycles. The second-order valence-electron chi connectivity index (χ2n) is 8.72. The molecule has 1 saturated carbocycles. The minimum absolute atomic E-state index is 0.00832. The van der Waals surface area contributed by atoms with Crippen LogP contribution in [0.2, 0.25) is 0 Å². The van der Waals surface area contributed by atoms with Gasteiger partial charge in [0, 0.05) is 18.7 Å². The van der Waals surface area contributed by atoms with E-state index < -0.39 is 0 Å². The summed E-state index contributed by atoms with van der Waals surface area (Å²) in [6.07, 6.45) is 5.80. The molecule has 0 spiro atoms. The molecule has 0 aliphatic heterocycles. The fourth-order valence-electron chi connectivity index (χ4n) is 4.39. The van der Waals surface area contributed by atoms with Crippen molar-refractivity contribution >= 4 is 17.7 Å². The highest BCUT2D eigenvalue weighted by molar-refractivity contribution is 7.99. The zero-order chi connectivity index (χ0) is 24.1. The number of aromatic nitrogens is 3. The van der Waals surface area contributed by atoms with Crippen LogP contribution >= 0.6 is 11.8 Å². The van der Waals surface area contributed by atoms with Crippen molar-refractivity contribution < 1.29 is 13.9 Å². The second-order valence-corrected chi connectivity index (χ2v) is 9.66. The molecule has 1 fully saturated rings. The number of benzene rings is 2.